The van der Waals surface area contributed by atoms with E-state index in [4.69, 9.17) is 14.4 Å². The summed E-state index contributed by atoms with van der Waals surface area (Å²) in [4.78, 5) is 12.0. The van der Waals surface area contributed by atoms with E-state index < -0.39 is 19.3 Å². The van der Waals surface area contributed by atoms with Crippen molar-refractivity contribution in [1.82, 2.24) is 0 Å². The third-order valence-electron chi connectivity index (χ3n) is 3.95. The Morgan fingerprint density at radius 3 is 2.58 bits per heavy atom. The molecule has 6 heteroatoms. The molecule has 1 N–H and O–H groups in total. The van der Waals surface area contributed by atoms with E-state index in [-0.39, 0.29) is 19.4 Å². The average Bonchev–Trinajstić information content (AvgIpc) is 2.59. The van der Waals surface area contributed by atoms with Gasteiger partial charge in [-0.05, 0) is 17.7 Å². The lowest BCUT2D eigenvalue weighted by molar-refractivity contribution is -0.148. The Kier molecular flexibility index (Phi) is 4.74. The highest BCUT2D eigenvalue weighted by molar-refractivity contribution is 7.67. The van der Waals surface area contributed by atoms with Gasteiger partial charge in [-0.1, -0.05) is 43.3 Å². The minimum absolute atomic E-state index is 0.0581. The van der Waals surface area contributed by atoms with Crippen molar-refractivity contribution in [3.8, 4) is 16.9 Å². The van der Waals surface area contributed by atoms with E-state index in [1.165, 1.54) is 0 Å². The number of aliphatic hydroxyl groups is 1. The molecular formula is C18H19O5P. The number of ether oxygens (including phenoxy) is 1. The summed E-state index contributed by atoms with van der Waals surface area (Å²) in [5.41, 5.74) is 1.77. The van der Waals surface area contributed by atoms with E-state index in [0.717, 1.165) is 11.1 Å². The molecule has 2 unspecified atom stereocenters. The van der Waals surface area contributed by atoms with Crippen LogP contribution in [0, 0.1) is 5.92 Å². The third-order valence-corrected chi connectivity index (χ3v) is 6.59. The molecule has 0 bridgehead atoms. The van der Waals surface area contributed by atoms with Crippen LogP contribution in [0.3, 0.4) is 0 Å². The standard InChI is InChI=1S/C18H19O5P/c1-13(18(20)22-11-10-19)12-24(21)17-9-5-3-7-15(17)14-6-2-4-8-16(14)23-24/h2-9,13,19H,10-12H2,1H3. The lowest BCUT2D eigenvalue weighted by Crippen LogP contribution is -2.26. The summed E-state index contributed by atoms with van der Waals surface area (Å²) >= 11 is 0. The van der Waals surface area contributed by atoms with Crippen molar-refractivity contribution < 1.29 is 23.7 Å². The van der Waals surface area contributed by atoms with Crippen LogP contribution in [-0.4, -0.2) is 30.5 Å². The summed E-state index contributed by atoms with van der Waals surface area (Å²) < 4.78 is 24.3. The predicted octanol–water partition coefficient (Wildman–Crippen LogP) is 2.82. The van der Waals surface area contributed by atoms with Gasteiger partial charge in [0.05, 0.1) is 24.0 Å². The van der Waals surface area contributed by atoms with Crippen molar-refractivity contribution in [3.63, 3.8) is 0 Å². The highest BCUT2D eigenvalue weighted by Gasteiger charge is 2.38. The molecular weight excluding hydrogens is 327 g/mol. The largest absolute Gasteiger partial charge is 0.463 e. The molecule has 2 atom stereocenters. The second-order valence-corrected chi connectivity index (χ2v) is 8.13. The number of carbonyl (C=O) groups excluding carboxylic acids is 1. The van der Waals surface area contributed by atoms with Crippen LogP contribution in [0.15, 0.2) is 48.5 Å². The van der Waals surface area contributed by atoms with Crippen LogP contribution < -0.4 is 9.83 Å². The smallest absolute Gasteiger partial charge is 0.309 e. The van der Waals surface area contributed by atoms with Gasteiger partial charge in [0.15, 0.2) is 0 Å². The van der Waals surface area contributed by atoms with Crippen molar-refractivity contribution in [1.29, 1.82) is 0 Å². The monoisotopic (exact) mass is 346 g/mol. The quantitative estimate of drug-likeness (QED) is 0.666. The highest BCUT2D eigenvalue weighted by atomic mass is 31.2. The van der Waals surface area contributed by atoms with Gasteiger partial charge in [0.1, 0.15) is 12.4 Å². The van der Waals surface area contributed by atoms with Crippen LogP contribution in [0.25, 0.3) is 11.1 Å². The number of esters is 1. The van der Waals surface area contributed by atoms with E-state index in [0.29, 0.717) is 11.1 Å². The van der Waals surface area contributed by atoms with Gasteiger partial charge < -0.3 is 14.4 Å². The number of fused-ring (bicyclic) bond motifs is 3. The highest BCUT2D eigenvalue weighted by Crippen LogP contribution is 2.55. The van der Waals surface area contributed by atoms with Gasteiger partial charge in [-0.25, -0.2) is 0 Å². The number of aliphatic hydroxyl groups excluding tert-OH is 1. The first-order valence-electron chi connectivity index (χ1n) is 7.80. The average molecular weight is 346 g/mol. The molecule has 0 aromatic heterocycles. The summed E-state index contributed by atoms with van der Waals surface area (Å²) in [6, 6.07) is 14.9. The SMILES string of the molecule is CC(CP1(=O)Oc2ccccc2-c2ccccc21)C(=O)OCCO. The molecule has 126 valence electrons. The molecule has 5 nitrogen and oxygen atoms in total. The lowest BCUT2D eigenvalue weighted by Gasteiger charge is -2.29. The summed E-state index contributed by atoms with van der Waals surface area (Å²) in [5.74, 6) is -0.518. The van der Waals surface area contributed by atoms with Crippen LogP contribution in [0.4, 0.5) is 0 Å². The molecule has 0 spiro atoms. The van der Waals surface area contributed by atoms with Gasteiger partial charge in [-0.15, -0.1) is 0 Å². The zero-order valence-corrected chi connectivity index (χ0v) is 14.2. The molecule has 0 saturated carbocycles. The minimum atomic E-state index is -3.24. The second-order valence-electron chi connectivity index (χ2n) is 5.75. The first-order chi connectivity index (χ1) is 11.5. The van der Waals surface area contributed by atoms with Crippen LogP contribution in [0.2, 0.25) is 0 Å². The maximum Gasteiger partial charge on any atom is 0.309 e. The molecule has 1 aliphatic rings. The van der Waals surface area contributed by atoms with Crippen molar-refractivity contribution in [3.05, 3.63) is 48.5 Å². The summed E-state index contributed by atoms with van der Waals surface area (Å²) in [7, 11) is -3.24. The summed E-state index contributed by atoms with van der Waals surface area (Å²) in [5, 5.41) is 9.38. The number of hydrogen-bond acceptors (Lipinski definition) is 5. The predicted molar refractivity (Wildman–Crippen MR) is 91.8 cm³/mol. The molecule has 1 heterocycles. The molecule has 0 radical (unpaired) electrons. The van der Waals surface area contributed by atoms with Gasteiger partial charge in [0.2, 0.25) is 0 Å². The summed E-state index contributed by atoms with van der Waals surface area (Å²) in [6.07, 6.45) is 0.0581. The Morgan fingerprint density at radius 2 is 1.83 bits per heavy atom. The van der Waals surface area contributed by atoms with E-state index >= 15 is 0 Å². The van der Waals surface area contributed by atoms with Crippen molar-refractivity contribution in [2.45, 2.75) is 6.92 Å². The van der Waals surface area contributed by atoms with Gasteiger partial charge >= 0.3 is 5.97 Å². The number of benzene rings is 2. The van der Waals surface area contributed by atoms with Crippen LogP contribution in [0.5, 0.6) is 5.75 Å². The minimum Gasteiger partial charge on any atom is -0.463 e. The molecule has 0 aliphatic carbocycles. The third kappa shape index (κ3) is 3.10. The Balaban J connectivity index is 1.94. The first kappa shape index (κ1) is 16.7. The number of hydrogen-bond donors (Lipinski definition) is 1. The van der Waals surface area contributed by atoms with Crippen LogP contribution in [-0.2, 0) is 14.1 Å². The lowest BCUT2D eigenvalue weighted by atomic mass is 10.0. The van der Waals surface area contributed by atoms with Gasteiger partial charge in [0.25, 0.3) is 7.37 Å². The van der Waals surface area contributed by atoms with Gasteiger partial charge in [0, 0.05) is 5.56 Å². The molecule has 0 fully saturated rings. The summed E-state index contributed by atoms with van der Waals surface area (Å²) in [6.45, 7) is 1.36. The van der Waals surface area contributed by atoms with Crippen LogP contribution >= 0.6 is 7.37 Å². The van der Waals surface area contributed by atoms with Gasteiger partial charge in [-0.2, -0.15) is 0 Å². The second kappa shape index (κ2) is 6.80. The fourth-order valence-electron chi connectivity index (χ4n) is 2.83. The van der Waals surface area contributed by atoms with Gasteiger partial charge in [-0.3, -0.25) is 9.36 Å². The zero-order chi connectivity index (χ0) is 17.2. The Bertz CT molecular complexity index is 802. The fourth-order valence-corrected chi connectivity index (χ4v) is 5.43. The topological polar surface area (TPSA) is 72.8 Å². The first-order valence-corrected chi connectivity index (χ1v) is 9.61. The van der Waals surface area contributed by atoms with E-state index in [2.05, 4.69) is 0 Å². The van der Waals surface area contributed by atoms with Crippen molar-refractivity contribution in [2.75, 3.05) is 19.4 Å². The normalized spacial score (nSPS) is 19.6. The maximum atomic E-state index is 13.5. The molecule has 0 saturated heterocycles. The Morgan fingerprint density at radius 1 is 1.17 bits per heavy atom. The molecule has 2 aromatic rings. The van der Waals surface area contributed by atoms with E-state index in [1.807, 2.05) is 36.4 Å². The maximum absolute atomic E-state index is 13.5. The van der Waals surface area contributed by atoms with E-state index in [9.17, 15) is 9.36 Å². The number of para-hydroxylation sites is 1. The molecule has 1 aliphatic heterocycles. The number of rotatable bonds is 5. The van der Waals surface area contributed by atoms with Crippen LogP contribution in [0.1, 0.15) is 6.92 Å². The molecule has 0 amide bonds. The molecule has 2 aromatic carbocycles. The fraction of sp³-hybridized carbons (Fsp3) is 0.278. The molecule has 3 rings (SSSR count). The Labute approximate surface area is 140 Å². The van der Waals surface area contributed by atoms with Crippen molar-refractivity contribution in [2.24, 2.45) is 5.92 Å². The van der Waals surface area contributed by atoms with E-state index in [1.54, 1.807) is 19.1 Å². The zero-order valence-electron chi connectivity index (χ0n) is 13.3. The molecule has 24 heavy (non-hydrogen) atoms. The number of carbonyl (C=O) groups is 1. The Hall–Kier alpha value is -2.10. The van der Waals surface area contributed by atoms with Crippen molar-refractivity contribution >= 4 is 18.6 Å².